The van der Waals surface area contributed by atoms with Gasteiger partial charge in [0.05, 0.1) is 0 Å². The zero-order valence-electron chi connectivity index (χ0n) is 8.24. The molecule has 0 saturated heterocycles. The van der Waals surface area contributed by atoms with Gasteiger partial charge in [-0.05, 0) is 17.2 Å². The molecule has 0 bridgehead atoms. The maximum atomic E-state index is 11.0. The van der Waals surface area contributed by atoms with Gasteiger partial charge < -0.3 is 5.11 Å². The molecule has 1 N–H and O–H groups in total. The molecule has 0 saturated carbocycles. The molecule has 0 radical (unpaired) electrons. The summed E-state index contributed by atoms with van der Waals surface area (Å²) in [6.45, 7) is 3.89. The molecule has 72 valence electrons. The Balaban J connectivity index is 2.62. The van der Waals surface area contributed by atoms with Gasteiger partial charge in [0.25, 0.3) is 0 Å². The van der Waals surface area contributed by atoms with Crippen molar-refractivity contribution in [3.05, 3.63) is 41.0 Å². The third-order valence-electron chi connectivity index (χ3n) is 2.84. The molecule has 0 aromatic heterocycles. The number of carboxylic acid groups (broad SMARTS) is 1. The topological polar surface area (TPSA) is 37.3 Å². The van der Waals surface area contributed by atoms with Crippen molar-refractivity contribution in [2.24, 2.45) is 0 Å². The van der Waals surface area contributed by atoms with E-state index in [0.29, 0.717) is 5.57 Å². The van der Waals surface area contributed by atoms with E-state index in [1.54, 1.807) is 6.08 Å². The van der Waals surface area contributed by atoms with Crippen molar-refractivity contribution in [2.45, 2.75) is 19.3 Å². The minimum Gasteiger partial charge on any atom is -0.478 e. The van der Waals surface area contributed by atoms with Gasteiger partial charge in [0, 0.05) is 11.0 Å². The molecule has 1 aliphatic rings. The van der Waals surface area contributed by atoms with Crippen LogP contribution in [-0.4, -0.2) is 11.1 Å². The zero-order valence-corrected chi connectivity index (χ0v) is 8.24. The fraction of sp³-hybridized carbons (Fsp3) is 0.250. The van der Waals surface area contributed by atoms with Gasteiger partial charge in [-0.25, -0.2) is 4.79 Å². The van der Waals surface area contributed by atoms with Crippen molar-refractivity contribution < 1.29 is 9.90 Å². The first kappa shape index (κ1) is 9.00. The Labute approximate surface area is 82.9 Å². The van der Waals surface area contributed by atoms with Gasteiger partial charge >= 0.3 is 5.97 Å². The molecule has 0 aliphatic heterocycles. The van der Waals surface area contributed by atoms with E-state index >= 15 is 0 Å². The van der Waals surface area contributed by atoms with Crippen molar-refractivity contribution >= 4 is 12.0 Å². The average Bonchev–Trinajstić information content (AvgIpc) is 2.39. The third kappa shape index (κ3) is 1.07. The van der Waals surface area contributed by atoms with Crippen LogP contribution >= 0.6 is 0 Å². The predicted molar refractivity (Wildman–Crippen MR) is 55.1 cm³/mol. The van der Waals surface area contributed by atoms with Crippen LogP contribution in [0.3, 0.4) is 0 Å². The Morgan fingerprint density at radius 1 is 1.29 bits per heavy atom. The van der Waals surface area contributed by atoms with Crippen LogP contribution in [0.1, 0.15) is 25.0 Å². The molecule has 0 unspecified atom stereocenters. The standard InChI is InChI=1S/C12H12O2/c1-12(2)9-6-4-3-5-8(9)7-10(12)11(13)14/h3-7H,1-2H3,(H,13,14). The first-order valence-electron chi connectivity index (χ1n) is 4.58. The van der Waals surface area contributed by atoms with Crippen LogP contribution in [0.15, 0.2) is 29.8 Å². The molecule has 1 aromatic rings. The Kier molecular flexibility index (Phi) is 1.74. The lowest BCUT2D eigenvalue weighted by Gasteiger charge is -2.21. The summed E-state index contributed by atoms with van der Waals surface area (Å²) < 4.78 is 0. The van der Waals surface area contributed by atoms with Crippen LogP contribution in [0.25, 0.3) is 6.08 Å². The van der Waals surface area contributed by atoms with Crippen molar-refractivity contribution in [1.29, 1.82) is 0 Å². The van der Waals surface area contributed by atoms with Crippen LogP contribution in [0.2, 0.25) is 0 Å². The molecule has 0 amide bonds. The molecule has 2 nitrogen and oxygen atoms in total. The predicted octanol–water partition coefficient (Wildman–Crippen LogP) is 2.45. The lowest BCUT2D eigenvalue weighted by Crippen LogP contribution is -2.22. The van der Waals surface area contributed by atoms with Crippen molar-refractivity contribution in [2.75, 3.05) is 0 Å². The summed E-state index contributed by atoms with van der Waals surface area (Å²) in [6.07, 6.45) is 1.76. The van der Waals surface area contributed by atoms with Crippen LogP contribution in [0.4, 0.5) is 0 Å². The van der Waals surface area contributed by atoms with Gasteiger partial charge in [-0.1, -0.05) is 38.1 Å². The lowest BCUT2D eigenvalue weighted by atomic mass is 9.81. The second-order valence-corrected chi connectivity index (χ2v) is 4.08. The maximum Gasteiger partial charge on any atom is 0.332 e. The van der Waals surface area contributed by atoms with Gasteiger partial charge in [0.15, 0.2) is 0 Å². The molecule has 14 heavy (non-hydrogen) atoms. The summed E-state index contributed by atoms with van der Waals surface area (Å²) in [5.41, 5.74) is 2.22. The molecule has 0 spiro atoms. The van der Waals surface area contributed by atoms with Crippen molar-refractivity contribution in [3.8, 4) is 0 Å². The van der Waals surface area contributed by atoms with Crippen LogP contribution < -0.4 is 0 Å². The van der Waals surface area contributed by atoms with Gasteiger partial charge in [0.2, 0.25) is 0 Å². The first-order valence-corrected chi connectivity index (χ1v) is 4.58. The normalized spacial score (nSPS) is 17.4. The van der Waals surface area contributed by atoms with E-state index in [4.69, 9.17) is 5.11 Å². The highest BCUT2D eigenvalue weighted by atomic mass is 16.4. The fourth-order valence-corrected chi connectivity index (χ4v) is 2.00. The summed E-state index contributed by atoms with van der Waals surface area (Å²) in [4.78, 5) is 11.0. The highest BCUT2D eigenvalue weighted by Crippen LogP contribution is 2.40. The van der Waals surface area contributed by atoms with E-state index in [0.717, 1.165) is 11.1 Å². The maximum absolute atomic E-state index is 11.0. The molecule has 1 aromatic carbocycles. The highest BCUT2D eigenvalue weighted by Gasteiger charge is 2.36. The monoisotopic (exact) mass is 188 g/mol. The number of fused-ring (bicyclic) bond motifs is 1. The van der Waals surface area contributed by atoms with Crippen molar-refractivity contribution in [3.63, 3.8) is 0 Å². The number of hydrogen-bond donors (Lipinski definition) is 1. The summed E-state index contributed by atoms with van der Waals surface area (Å²) >= 11 is 0. The Bertz CT molecular complexity index is 428. The van der Waals surface area contributed by atoms with E-state index in [-0.39, 0.29) is 5.41 Å². The molecule has 0 atom stereocenters. The number of aliphatic carboxylic acids is 1. The zero-order chi connectivity index (χ0) is 10.3. The van der Waals surface area contributed by atoms with E-state index in [2.05, 4.69) is 0 Å². The van der Waals surface area contributed by atoms with Gasteiger partial charge in [-0.15, -0.1) is 0 Å². The lowest BCUT2D eigenvalue weighted by molar-refractivity contribution is -0.133. The van der Waals surface area contributed by atoms with E-state index in [1.165, 1.54) is 0 Å². The second-order valence-electron chi connectivity index (χ2n) is 4.08. The first-order chi connectivity index (χ1) is 6.53. The molecular weight excluding hydrogens is 176 g/mol. The van der Waals surface area contributed by atoms with E-state index < -0.39 is 5.97 Å². The molecule has 0 fully saturated rings. The smallest absolute Gasteiger partial charge is 0.332 e. The number of carboxylic acids is 1. The summed E-state index contributed by atoms with van der Waals surface area (Å²) in [7, 11) is 0. The van der Waals surface area contributed by atoms with Crippen LogP contribution in [0, 0.1) is 0 Å². The summed E-state index contributed by atoms with van der Waals surface area (Å²) in [5, 5.41) is 9.05. The minimum absolute atomic E-state index is 0.373. The third-order valence-corrected chi connectivity index (χ3v) is 2.84. The van der Waals surface area contributed by atoms with Gasteiger partial charge in [-0.2, -0.15) is 0 Å². The Hall–Kier alpha value is -1.57. The minimum atomic E-state index is -0.828. The van der Waals surface area contributed by atoms with Crippen molar-refractivity contribution in [1.82, 2.24) is 0 Å². The van der Waals surface area contributed by atoms with Gasteiger partial charge in [-0.3, -0.25) is 0 Å². The molecular formula is C12H12O2. The number of benzene rings is 1. The molecule has 1 aliphatic carbocycles. The SMILES string of the molecule is CC1(C)C(C(=O)O)=Cc2ccccc21. The number of rotatable bonds is 1. The Morgan fingerprint density at radius 3 is 2.50 bits per heavy atom. The summed E-state index contributed by atoms with van der Waals surface area (Å²) in [5.74, 6) is -0.828. The largest absolute Gasteiger partial charge is 0.478 e. The average molecular weight is 188 g/mol. The quantitative estimate of drug-likeness (QED) is 0.735. The molecule has 2 rings (SSSR count). The van der Waals surface area contributed by atoms with E-state index in [1.807, 2.05) is 38.1 Å². The Morgan fingerprint density at radius 2 is 1.93 bits per heavy atom. The fourth-order valence-electron chi connectivity index (χ4n) is 2.00. The summed E-state index contributed by atoms with van der Waals surface area (Å²) in [6, 6.07) is 7.81. The van der Waals surface area contributed by atoms with Gasteiger partial charge in [0.1, 0.15) is 0 Å². The number of hydrogen-bond acceptors (Lipinski definition) is 1. The van der Waals surface area contributed by atoms with Crippen LogP contribution in [-0.2, 0) is 10.2 Å². The molecule has 2 heteroatoms. The van der Waals surface area contributed by atoms with Crippen LogP contribution in [0.5, 0.6) is 0 Å². The highest BCUT2D eigenvalue weighted by molar-refractivity contribution is 5.98. The second kappa shape index (κ2) is 2.71. The number of carbonyl (C=O) groups is 1. The molecule has 0 heterocycles. The van der Waals surface area contributed by atoms with E-state index in [9.17, 15) is 4.79 Å².